The summed E-state index contributed by atoms with van der Waals surface area (Å²) >= 11 is 0. The molecule has 0 bridgehead atoms. The molecule has 140 valence electrons. The Morgan fingerprint density at radius 1 is 1.00 bits per heavy atom. The third-order valence-electron chi connectivity index (χ3n) is 4.31. The van der Waals surface area contributed by atoms with E-state index >= 15 is 0 Å². The van der Waals surface area contributed by atoms with E-state index in [9.17, 15) is 4.79 Å². The molecule has 0 aliphatic rings. The second-order valence-corrected chi connectivity index (χ2v) is 6.04. The number of amides is 1. The van der Waals surface area contributed by atoms with Gasteiger partial charge in [0.15, 0.2) is 0 Å². The lowest BCUT2D eigenvalue weighted by Gasteiger charge is -2.21. The van der Waals surface area contributed by atoms with Crippen molar-refractivity contribution in [2.45, 2.75) is 20.3 Å². The standard InChI is InChI=1S/C21H29N3O2/c1-4-24(5-2)19-10-8-18(9-11-19)23-21(25)16-22-15-14-17-6-12-20(26-3)13-7-17/h6-13,22H,4-5,14-16H2,1-3H3,(H,23,25). The van der Waals surface area contributed by atoms with Crippen molar-refractivity contribution in [3.8, 4) is 5.75 Å². The molecule has 0 atom stereocenters. The van der Waals surface area contributed by atoms with Gasteiger partial charge in [0.05, 0.1) is 13.7 Å². The number of hydrogen-bond donors (Lipinski definition) is 2. The van der Waals surface area contributed by atoms with Gasteiger partial charge in [0.1, 0.15) is 5.75 Å². The van der Waals surface area contributed by atoms with Gasteiger partial charge in [-0.3, -0.25) is 4.79 Å². The molecule has 2 rings (SSSR count). The number of carbonyl (C=O) groups excluding carboxylic acids is 1. The van der Waals surface area contributed by atoms with E-state index in [0.717, 1.165) is 37.5 Å². The van der Waals surface area contributed by atoms with Gasteiger partial charge < -0.3 is 20.3 Å². The number of carbonyl (C=O) groups is 1. The van der Waals surface area contributed by atoms with Crippen LogP contribution in [0.1, 0.15) is 19.4 Å². The highest BCUT2D eigenvalue weighted by atomic mass is 16.5. The third kappa shape index (κ3) is 6.08. The average Bonchev–Trinajstić information content (AvgIpc) is 2.68. The Balaban J connectivity index is 1.71. The van der Waals surface area contributed by atoms with Gasteiger partial charge in [0.25, 0.3) is 0 Å². The number of benzene rings is 2. The molecule has 0 radical (unpaired) electrons. The van der Waals surface area contributed by atoms with Crippen molar-refractivity contribution in [2.75, 3.05) is 43.5 Å². The topological polar surface area (TPSA) is 53.6 Å². The van der Waals surface area contributed by atoms with Crippen LogP contribution in [0.4, 0.5) is 11.4 Å². The lowest BCUT2D eigenvalue weighted by atomic mass is 10.1. The number of hydrogen-bond acceptors (Lipinski definition) is 4. The van der Waals surface area contributed by atoms with Crippen molar-refractivity contribution in [3.63, 3.8) is 0 Å². The summed E-state index contributed by atoms with van der Waals surface area (Å²) in [6.07, 6.45) is 0.871. The molecule has 0 heterocycles. The first kappa shape index (κ1) is 19.8. The van der Waals surface area contributed by atoms with Crippen LogP contribution in [0.15, 0.2) is 48.5 Å². The highest BCUT2D eigenvalue weighted by Crippen LogP contribution is 2.17. The fourth-order valence-corrected chi connectivity index (χ4v) is 2.78. The maximum atomic E-state index is 12.0. The second kappa shape index (κ2) is 10.5. The Morgan fingerprint density at radius 3 is 2.23 bits per heavy atom. The summed E-state index contributed by atoms with van der Waals surface area (Å²) in [5.41, 5.74) is 3.21. The number of nitrogens with zero attached hydrogens (tertiary/aromatic N) is 1. The van der Waals surface area contributed by atoms with E-state index in [4.69, 9.17) is 4.74 Å². The van der Waals surface area contributed by atoms with Crippen LogP contribution in [0.5, 0.6) is 5.75 Å². The van der Waals surface area contributed by atoms with E-state index in [1.54, 1.807) is 7.11 Å². The number of ether oxygens (including phenoxy) is 1. The van der Waals surface area contributed by atoms with Crippen LogP contribution in [-0.4, -0.2) is 39.2 Å². The molecule has 0 saturated carbocycles. The molecule has 1 amide bonds. The number of anilines is 2. The van der Waals surface area contributed by atoms with E-state index in [0.29, 0.717) is 6.54 Å². The number of nitrogens with one attached hydrogen (secondary N) is 2. The van der Waals surface area contributed by atoms with Crippen LogP contribution in [-0.2, 0) is 11.2 Å². The van der Waals surface area contributed by atoms with Crippen molar-refractivity contribution in [2.24, 2.45) is 0 Å². The average molecular weight is 355 g/mol. The third-order valence-corrected chi connectivity index (χ3v) is 4.31. The van der Waals surface area contributed by atoms with E-state index in [1.807, 2.05) is 48.5 Å². The Hall–Kier alpha value is -2.53. The Kier molecular flexibility index (Phi) is 7.96. The zero-order chi connectivity index (χ0) is 18.8. The molecular weight excluding hydrogens is 326 g/mol. The zero-order valence-electron chi connectivity index (χ0n) is 15.9. The largest absolute Gasteiger partial charge is 0.497 e. The summed E-state index contributed by atoms with van der Waals surface area (Å²) in [5, 5.41) is 6.10. The minimum atomic E-state index is -0.0321. The summed E-state index contributed by atoms with van der Waals surface area (Å²) in [6, 6.07) is 16.0. The lowest BCUT2D eigenvalue weighted by Crippen LogP contribution is -2.29. The highest BCUT2D eigenvalue weighted by Gasteiger charge is 2.04. The van der Waals surface area contributed by atoms with Gasteiger partial charge in [0.2, 0.25) is 5.91 Å². The molecule has 2 N–H and O–H groups in total. The van der Waals surface area contributed by atoms with Gasteiger partial charge in [0, 0.05) is 24.5 Å². The first-order valence-electron chi connectivity index (χ1n) is 9.14. The maximum absolute atomic E-state index is 12.0. The van der Waals surface area contributed by atoms with Crippen LogP contribution < -0.4 is 20.3 Å². The van der Waals surface area contributed by atoms with Gasteiger partial charge in [-0.1, -0.05) is 12.1 Å². The smallest absolute Gasteiger partial charge is 0.238 e. The first-order chi connectivity index (χ1) is 12.7. The molecule has 0 aromatic heterocycles. The molecule has 26 heavy (non-hydrogen) atoms. The number of rotatable bonds is 10. The van der Waals surface area contributed by atoms with Gasteiger partial charge >= 0.3 is 0 Å². The summed E-state index contributed by atoms with van der Waals surface area (Å²) in [6.45, 7) is 7.27. The molecule has 2 aromatic carbocycles. The summed E-state index contributed by atoms with van der Waals surface area (Å²) in [4.78, 5) is 14.3. The van der Waals surface area contributed by atoms with Gasteiger partial charge in [-0.25, -0.2) is 0 Å². The SMILES string of the molecule is CCN(CC)c1ccc(NC(=O)CNCCc2ccc(OC)cc2)cc1. The molecule has 2 aromatic rings. The fourth-order valence-electron chi connectivity index (χ4n) is 2.78. The van der Waals surface area contributed by atoms with Crippen molar-refractivity contribution in [3.05, 3.63) is 54.1 Å². The molecule has 5 heteroatoms. The summed E-state index contributed by atoms with van der Waals surface area (Å²) in [7, 11) is 1.66. The minimum absolute atomic E-state index is 0.0321. The van der Waals surface area contributed by atoms with Crippen molar-refractivity contribution in [1.29, 1.82) is 0 Å². The van der Waals surface area contributed by atoms with Crippen molar-refractivity contribution in [1.82, 2.24) is 5.32 Å². The van der Waals surface area contributed by atoms with Gasteiger partial charge in [-0.2, -0.15) is 0 Å². The number of methoxy groups -OCH3 is 1. The molecule has 0 aliphatic heterocycles. The molecule has 5 nitrogen and oxygen atoms in total. The van der Waals surface area contributed by atoms with Gasteiger partial charge in [-0.05, 0) is 68.8 Å². The van der Waals surface area contributed by atoms with Crippen molar-refractivity contribution >= 4 is 17.3 Å². The van der Waals surface area contributed by atoms with Gasteiger partial charge in [-0.15, -0.1) is 0 Å². The minimum Gasteiger partial charge on any atom is -0.497 e. The van der Waals surface area contributed by atoms with E-state index in [2.05, 4.69) is 29.4 Å². The van der Waals surface area contributed by atoms with Crippen LogP contribution >= 0.6 is 0 Å². The van der Waals surface area contributed by atoms with E-state index in [1.165, 1.54) is 11.3 Å². The molecule has 0 aliphatic carbocycles. The van der Waals surface area contributed by atoms with Crippen LogP contribution in [0.3, 0.4) is 0 Å². The van der Waals surface area contributed by atoms with Crippen LogP contribution in [0.25, 0.3) is 0 Å². The summed E-state index contributed by atoms with van der Waals surface area (Å²) < 4.78 is 5.14. The molecule has 0 fully saturated rings. The predicted molar refractivity (Wildman–Crippen MR) is 108 cm³/mol. The monoisotopic (exact) mass is 355 g/mol. The molecule has 0 unspecified atom stereocenters. The Morgan fingerprint density at radius 2 is 1.65 bits per heavy atom. The normalized spacial score (nSPS) is 10.4. The molecule has 0 spiro atoms. The second-order valence-electron chi connectivity index (χ2n) is 6.04. The molecular formula is C21H29N3O2. The Bertz CT molecular complexity index is 665. The lowest BCUT2D eigenvalue weighted by molar-refractivity contribution is -0.115. The van der Waals surface area contributed by atoms with Crippen LogP contribution in [0.2, 0.25) is 0 Å². The quantitative estimate of drug-likeness (QED) is 0.642. The maximum Gasteiger partial charge on any atom is 0.238 e. The van der Waals surface area contributed by atoms with E-state index in [-0.39, 0.29) is 5.91 Å². The summed E-state index contributed by atoms with van der Waals surface area (Å²) in [5.74, 6) is 0.823. The Labute approximate surface area is 156 Å². The first-order valence-corrected chi connectivity index (χ1v) is 9.14. The fraction of sp³-hybridized carbons (Fsp3) is 0.381. The highest BCUT2D eigenvalue weighted by molar-refractivity contribution is 5.92. The predicted octanol–water partition coefficient (Wildman–Crippen LogP) is 3.31. The van der Waals surface area contributed by atoms with Crippen molar-refractivity contribution < 1.29 is 9.53 Å². The van der Waals surface area contributed by atoms with Crippen LogP contribution in [0, 0.1) is 0 Å². The zero-order valence-corrected chi connectivity index (χ0v) is 15.9. The molecule has 0 saturated heterocycles. The van der Waals surface area contributed by atoms with E-state index < -0.39 is 0 Å².